The monoisotopic (exact) mass is 548 g/mol. The molecule has 1 atom stereocenters. The number of aryl methyl sites for hydroxylation is 3. The van der Waals surface area contributed by atoms with Crippen molar-refractivity contribution in [3.63, 3.8) is 0 Å². The van der Waals surface area contributed by atoms with Gasteiger partial charge in [-0.15, -0.1) is 0 Å². The number of carbonyl (C=O) groups is 2. The molecule has 4 aromatic carbocycles. The second-order valence-electron chi connectivity index (χ2n) is 10.7. The Morgan fingerprint density at radius 3 is 2.27 bits per heavy atom. The third-order valence-electron chi connectivity index (χ3n) is 8.03. The van der Waals surface area contributed by atoms with Crippen molar-refractivity contribution in [1.29, 1.82) is 0 Å². The van der Waals surface area contributed by atoms with Gasteiger partial charge in [-0.3, -0.25) is 4.79 Å². The number of benzene rings is 4. The molecule has 2 aliphatic heterocycles. The van der Waals surface area contributed by atoms with Gasteiger partial charge >= 0.3 is 5.97 Å². The first-order valence-electron chi connectivity index (χ1n) is 13.8. The van der Waals surface area contributed by atoms with Gasteiger partial charge in [-0.1, -0.05) is 18.2 Å². The Labute approximate surface area is 239 Å². The highest BCUT2D eigenvalue weighted by Gasteiger charge is 2.54. The fourth-order valence-electron chi connectivity index (χ4n) is 5.74. The Morgan fingerprint density at radius 2 is 1.54 bits per heavy atom. The SMILES string of the molecule is CCNc1cc2c(cc1C)C1(OC(=O)c3cc(C(=O)NCCc4ccc(O)cc4)ccc31)c1cc(C)c(C)cc1O2. The van der Waals surface area contributed by atoms with Crippen molar-refractivity contribution in [3.05, 3.63) is 117 Å². The lowest BCUT2D eigenvalue weighted by atomic mass is 9.76. The molecule has 2 aliphatic rings. The lowest BCUT2D eigenvalue weighted by Gasteiger charge is -2.37. The van der Waals surface area contributed by atoms with Gasteiger partial charge in [0.15, 0.2) is 5.60 Å². The summed E-state index contributed by atoms with van der Waals surface area (Å²) in [5, 5.41) is 15.8. The smallest absolute Gasteiger partial charge is 0.340 e. The van der Waals surface area contributed by atoms with E-state index in [1.165, 1.54) is 0 Å². The minimum absolute atomic E-state index is 0.203. The molecule has 208 valence electrons. The lowest BCUT2D eigenvalue weighted by Crippen LogP contribution is -2.33. The summed E-state index contributed by atoms with van der Waals surface area (Å²) in [6.07, 6.45) is 0.614. The highest BCUT2D eigenvalue weighted by Crippen LogP contribution is 2.57. The van der Waals surface area contributed by atoms with Crippen molar-refractivity contribution < 1.29 is 24.2 Å². The Bertz CT molecular complexity index is 1710. The average Bonchev–Trinajstić information content (AvgIpc) is 3.24. The third kappa shape index (κ3) is 4.38. The zero-order valence-corrected chi connectivity index (χ0v) is 23.6. The molecule has 1 unspecified atom stereocenters. The van der Waals surface area contributed by atoms with Gasteiger partial charge in [0.2, 0.25) is 0 Å². The van der Waals surface area contributed by atoms with E-state index in [0.29, 0.717) is 41.2 Å². The molecule has 4 aromatic rings. The van der Waals surface area contributed by atoms with Gasteiger partial charge in [0.25, 0.3) is 5.91 Å². The maximum absolute atomic E-state index is 13.5. The number of phenolic OH excluding ortho intramolecular Hbond substituents is 1. The summed E-state index contributed by atoms with van der Waals surface area (Å²) in [6, 6.07) is 20.1. The van der Waals surface area contributed by atoms with Crippen LogP contribution in [-0.2, 0) is 16.8 Å². The van der Waals surface area contributed by atoms with Crippen LogP contribution in [0.5, 0.6) is 17.2 Å². The summed E-state index contributed by atoms with van der Waals surface area (Å²) in [7, 11) is 0. The van der Waals surface area contributed by atoms with Crippen LogP contribution in [0.4, 0.5) is 5.69 Å². The van der Waals surface area contributed by atoms with E-state index in [4.69, 9.17) is 9.47 Å². The fourth-order valence-corrected chi connectivity index (χ4v) is 5.74. The molecule has 0 bridgehead atoms. The minimum Gasteiger partial charge on any atom is -0.508 e. The standard InChI is InChI=1S/C34H32N2O5/c1-5-35-29-18-31-28(15-21(29)4)34(27-14-19(2)20(3)16-30(27)40-31)26-11-8-23(17-25(26)33(39)41-34)32(38)36-13-12-22-6-9-24(37)10-7-22/h6-11,14-18,35,37H,5,12-13H2,1-4H3,(H,36,38). The summed E-state index contributed by atoms with van der Waals surface area (Å²) in [5.74, 6) is 0.714. The van der Waals surface area contributed by atoms with Crippen molar-refractivity contribution >= 4 is 17.6 Å². The summed E-state index contributed by atoms with van der Waals surface area (Å²) < 4.78 is 12.8. The van der Waals surface area contributed by atoms with E-state index < -0.39 is 11.6 Å². The van der Waals surface area contributed by atoms with Gasteiger partial charge in [-0.25, -0.2) is 4.79 Å². The largest absolute Gasteiger partial charge is 0.508 e. The quantitative estimate of drug-likeness (QED) is 0.245. The van der Waals surface area contributed by atoms with E-state index in [1.807, 2.05) is 70.2 Å². The molecule has 0 radical (unpaired) electrons. The number of phenols is 1. The molecule has 0 saturated heterocycles. The first-order valence-corrected chi connectivity index (χ1v) is 13.8. The van der Waals surface area contributed by atoms with Crippen LogP contribution in [0.2, 0.25) is 0 Å². The number of esters is 1. The van der Waals surface area contributed by atoms with Crippen molar-refractivity contribution in [2.45, 2.75) is 39.7 Å². The third-order valence-corrected chi connectivity index (χ3v) is 8.03. The molecule has 0 aromatic heterocycles. The summed E-state index contributed by atoms with van der Waals surface area (Å²) in [6.45, 7) is 9.30. The molecule has 7 nitrogen and oxygen atoms in total. The Hall–Kier alpha value is -4.78. The second-order valence-corrected chi connectivity index (χ2v) is 10.7. The molecule has 3 N–H and O–H groups in total. The van der Waals surface area contributed by atoms with Crippen molar-refractivity contribution in [3.8, 4) is 17.2 Å². The molecule has 7 heteroatoms. The fraction of sp³-hybridized carbons (Fsp3) is 0.235. The van der Waals surface area contributed by atoms with Crippen molar-refractivity contribution in [2.75, 3.05) is 18.4 Å². The zero-order chi connectivity index (χ0) is 28.9. The minimum atomic E-state index is -1.20. The van der Waals surface area contributed by atoms with Gasteiger partial charge < -0.3 is 25.2 Å². The normalized spacial score (nSPS) is 16.3. The molecule has 2 heterocycles. The van der Waals surface area contributed by atoms with E-state index >= 15 is 0 Å². The van der Waals surface area contributed by atoms with E-state index in [9.17, 15) is 14.7 Å². The zero-order valence-electron chi connectivity index (χ0n) is 23.6. The Kier molecular flexibility index (Phi) is 6.45. The number of fused-ring (bicyclic) bond motifs is 6. The molecule has 0 fully saturated rings. The summed E-state index contributed by atoms with van der Waals surface area (Å²) in [4.78, 5) is 26.6. The lowest BCUT2D eigenvalue weighted by molar-refractivity contribution is 0.0224. The Morgan fingerprint density at radius 1 is 0.854 bits per heavy atom. The molecule has 6 rings (SSSR count). The van der Waals surface area contributed by atoms with Crippen LogP contribution in [-0.4, -0.2) is 30.1 Å². The topological polar surface area (TPSA) is 96.9 Å². The summed E-state index contributed by atoms with van der Waals surface area (Å²) in [5.41, 5.74) is 6.86. The number of anilines is 1. The van der Waals surface area contributed by atoms with Crippen molar-refractivity contribution in [1.82, 2.24) is 5.32 Å². The van der Waals surface area contributed by atoms with Crippen LogP contribution in [0.25, 0.3) is 0 Å². The number of hydrogen-bond donors (Lipinski definition) is 3. The second kappa shape index (κ2) is 10.0. The van der Waals surface area contributed by atoms with Crippen LogP contribution in [0.1, 0.15) is 66.6 Å². The van der Waals surface area contributed by atoms with E-state index in [1.54, 1.807) is 24.3 Å². The van der Waals surface area contributed by atoms with Crippen LogP contribution < -0.4 is 15.4 Å². The molecule has 0 aliphatic carbocycles. The molecule has 41 heavy (non-hydrogen) atoms. The van der Waals surface area contributed by atoms with E-state index in [0.717, 1.165) is 45.6 Å². The summed E-state index contributed by atoms with van der Waals surface area (Å²) >= 11 is 0. The average molecular weight is 549 g/mol. The van der Waals surface area contributed by atoms with Gasteiger partial charge in [-0.05, 0) is 98.8 Å². The number of carbonyl (C=O) groups excluding carboxylic acids is 2. The predicted octanol–water partition coefficient (Wildman–Crippen LogP) is 6.29. The maximum atomic E-state index is 13.5. The van der Waals surface area contributed by atoms with E-state index in [2.05, 4.69) is 10.6 Å². The number of nitrogens with one attached hydrogen (secondary N) is 2. The van der Waals surface area contributed by atoms with Gasteiger partial charge in [0, 0.05) is 47.1 Å². The number of hydrogen-bond acceptors (Lipinski definition) is 6. The van der Waals surface area contributed by atoms with Gasteiger partial charge in [0.05, 0.1) is 5.56 Å². The van der Waals surface area contributed by atoms with Crippen LogP contribution in [0, 0.1) is 20.8 Å². The molecule has 0 saturated carbocycles. The predicted molar refractivity (Wildman–Crippen MR) is 157 cm³/mol. The van der Waals surface area contributed by atoms with Gasteiger partial charge in [-0.2, -0.15) is 0 Å². The highest BCUT2D eigenvalue weighted by atomic mass is 16.6. The molecular formula is C34H32N2O5. The molecule has 1 amide bonds. The highest BCUT2D eigenvalue weighted by molar-refractivity contribution is 6.01. The molecular weight excluding hydrogens is 516 g/mol. The van der Waals surface area contributed by atoms with E-state index in [-0.39, 0.29) is 11.7 Å². The van der Waals surface area contributed by atoms with Gasteiger partial charge in [0.1, 0.15) is 17.2 Å². The first kappa shape index (κ1) is 26.4. The van der Waals surface area contributed by atoms with Crippen LogP contribution >= 0.6 is 0 Å². The number of rotatable bonds is 6. The van der Waals surface area contributed by atoms with Crippen LogP contribution in [0.3, 0.4) is 0 Å². The number of ether oxygens (including phenoxy) is 2. The number of amides is 1. The Balaban J connectivity index is 1.40. The van der Waals surface area contributed by atoms with Crippen molar-refractivity contribution in [2.24, 2.45) is 0 Å². The first-order chi connectivity index (χ1) is 19.7. The molecule has 1 spiro atoms. The number of aromatic hydroxyl groups is 1. The maximum Gasteiger partial charge on any atom is 0.340 e. The van der Waals surface area contributed by atoms with Crippen LogP contribution in [0.15, 0.2) is 66.7 Å².